The van der Waals surface area contributed by atoms with Crippen molar-refractivity contribution in [3.8, 4) is 5.75 Å². The number of aliphatic hydroxyl groups is 1. The van der Waals surface area contributed by atoms with Crippen molar-refractivity contribution in [1.82, 2.24) is 4.57 Å². The van der Waals surface area contributed by atoms with Gasteiger partial charge >= 0.3 is 5.95 Å². The number of hydrogen-bond acceptors (Lipinski definition) is 3. The third kappa shape index (κ3) is 3.61. The molecular formula is C20H26N3O2+. The summed E-state index contributed by atoms with van der Waals surface area (Å²) >= 11 is 0. The Morgan fingerprint density at radius 2 is 1.88 bits per heavy atom. The number of ether oxygens (including phenoxy) is 1. The van der Waals surface area contributed by atoms with Crippen LogP contribution in [0.3, 0.4) is 0 Å². The van der Waals surface area contributed by atoms with E-state index in [-0.39, 0.29) is 6.61 Å². The summed E-state index contributed by atoms with van der Waals surface area (Å²) in [7, 11) is 0. The molecule has 1 unspecified atom stereocenters. The Kier molecular flexibility index (Phi) is 5.24. The number of nitrogens with zero attached hydrogens (tertiary/aromatic N) is 2. The van der Waals surface area contributed by atoms with Crippen molar-refractivity contribution in [2.24, 2.45) is 0 Å². The van der Waals surface area contributed by atoms with Crippen molar-refractivity contribution in [1.29, 1.82) is 0 Å². The van der Waals surface area contributed by atoms with E-state index in [1.54, 1.807) is 0 Å². The number of imidazole rings is 1. The highest BCUT2D eigenvalue weighted by atomic mass is 16.5. The number of aliphatic hydroxyl groups excluding tert-OH is 1. The molecule has 1 heterocycles. The number of hydrogen-bond donors (Lipinski definition) is 2. The zero-order valence-corrected chi connectivity index (χ0v) is 14.9. The fourth-order valence-electron chi connectivity index (χ4n) is 3.13. The molecule has 5 nitrogen and oxygen atoms in total. The van der Waals surface area contributed by atoms with E-state index in [4.69, 9.17) is 10.5 Å². The zero-order valence-electron chi connectivity index (χ0n) is 14.9. The van der Waals surface area contributed by atoms with E-state index < -0.39 is 6.10 Å². The minimum atomic E-state index is -0.646. The lowest BCUT2D eigenvalue weighted by Crippen LogP contribution is -2.43. The molecule has 0 aliphatic carbocycles. The molecule has 1 aromatic heterocycles. The van der Waals surface area contributed by atoms with Crippen LogP contribution in [0.4, 0.5) is 5.95 Å². The summed E-state index contributed by atoms with van der Waals surface area (Å²) in [6, 6.07) is 15.9. The molecule has 3 N–H and O–H groups in total. The van der Waals surface area contributed by atoms with E-state index in [1.807, 2.05) is 54.0 Å². The topological polar surface area (TPSA) is 64.3 Å². The van der Waals surface area contributed by atoms with Crippen LogP contribution in [0.5, 0.6) is 5.75 Å². The maximum atomic E-state index is 10.5. The smallest absolute Gasteiger partial charge is 0.356 e. The Labute approximate surface area is 148 Å². The normalized spacial score (nSPS) is 12.4. The van der Waals surface area contributed by atoms with Gasteiger partial charge in [0.15, 0.2) is 0 Å². The van der Waals surface area contributed by atoms with Gasteiger partial charge < -0.3 is 9.84 Å². The Bertz CT molecular complexity index is 857. The Morgan fingerprint density at radius 1 is 1.16 bits per heavy atom. The van der Waals surface area contributed by atoms with Crippen LogP contribution in [0.15, 0.2) is 48.5 Å². The van der Waals surface area contributed by atoms with Crippen molar-refractivity contribution in [2.75, 3.05) is 12.3 Å². The average molecular weight is 340 g/mol. The van der Waals surface area contributed by atoms with E-state index in [2.05, 4.69) is 17.6 Å². The molecule has 0 saturated heterocycles. The van der Waals surface area contributed by atoms with Gasteiger partial charge in [0.05, 0.1) is 6.54 Å². The van der Waals surface area contributed by atoms with E-state index >= 15 is 0 Å². The highest BCUT2D eigenvalue weighted by molar-refractivity contribution is 5.73. The first kappa shape index (κ1) is 17.3. The number of para-hydroxylation sites is 3. The predicted molar refractivity (Wildman–Crippen MR) is 99.5 cm³/mol. The highest BCUT2D eigenvalue weighted by Crippen LogP contribution is 2.18. The van der Waals surface area contributed by atoms with E-state index in [9.17, 15) is 5.11 Å². The van der Waals surface area contributed by atoms with Gasteiger partial charge in [-0.05, 0) is 37.1 Å². The molecule has 5 heteroatoms. The quantitative estimate of drug-likeness (QED) is 0.650. The zero-order chi connectivity index (χ0) is 17.8. The van der Waals surface area contributed by atoms with Crippen LogP contribution in [0.2, 0.25) is 0 Å². The number of nitrogen functional groups attached to an aromatic ring is 1. The van der Waals surface area contributed by atoms with Crippen molar-refractivity contribution in [2.45, 2.75) is 39.5 Å². The average Bonchev–Trinajstić information content (AvgIpc) is 2.87. The number of aromatic nitrogens is 2. The predicted octanol–water partition coefficient (Wildman–Crippen LogP) is 2.67. The molecule has 1 atom stereocenters. The molecule has 3 aromatic rings. The van der Waals surface area contributed by atoms with Gasteiger partial charge in [-0.15, -0.1) is 0 Å². The van der Waals surface area contributed by atoms with Gasteiger partial charge in [-0.3, -0.25) is 5.73 Å². The lowest BCUT2D eigenvalue weighted by atomic mass is 10.2. The molecule has 0 fully saturated rings. The van der Waals surface area contributed by atoms with E-state index in [0.29, 0.717) is 12.5 Å². The number of benzene rings is 2. The first-order valence-electron chi connectivity index (χ1n) is 8.74. The second kappa shape index (κ2) is 7.57. The van der Waals surface area contributed by atoms with E-state index in [0.717, 1.165) is 35.3 Å². The fraction of sp³-hybridized carbons (Fsp3) is 0.350. The van der Waals surface area contributed by atoms with Gasteiger partial charge in [-0.1, -0.05) is 37.3 Å². The summed E-state index contributed by atoms with van der Waals surface area (Å²) in [4.78, 5) is 0. The van der Waals surface area contributed by atoms with Gasteiger partial charge in [0, 0.05) is 0 Å². The summed E-state index contributed by atoms with van der Waals surface area (Å²) < 4.78 is 9.84. The molecular weight excluding hydrogens is 314 g/mol. The van der Waals surface area contributed by atoms with Crippen LogP contribution in [0.25, 0.3) is 11.0 Å². The molecule has 0 radical (unpaired) electrons. The summed E-state index contributed by atoms with van der Waals surface area (Å²) in [5.74, 6) is 1.46. The maximum absolute atomic E-state index is 10.5. The first-order valence-corrected chi connectivity index (χ1v) is 8.74. The Morgan fingerprint density at radius 3 is 2.64 bits per heavy atom. The standard InChI is InChI=1S/C20H25N3O2/c1-3-12-22-17-9-5-6-10-18(17)23(20(22)21)13-16(24)14-25-19-11-7-4-8-15(19)2/h4-11,16,21,24H,3,12-14H2,1-2H3/p+1. The minimum absolute atomic E-state index is 0.227. The fourth-order valence-corrected chi connectivity index (χ4v) is 3.13. The SMILES string of the molecule is CCCn1c(N)[n+](CC(O)COc2ccccc2C)c2ccccc21. The van der Waals surface area contributed by atoms with Crippen molar-refractivity contribution < 1.29 is 14.4 Å². The van der Waals surface area contributed by atoms with Crippen molar-refractivity contribution >= 4 is 17.0 Å². The van der Waals surface area contributed by atoms with Crippen LogP contribution in [-0.2, 0) is 13.1 Å². The number of rotatable bonds is 7. The van der Waals surface area contributed by atoms with Crippen LogP contribution in [0.1, 0.15) is 18.9 Å². The van der Waals surface area contributed by atoms with Gasteiger partial charge in [0.2, 0.25) is 0 Å². The second-order valence-electron chi connectivity index (χ2n) is 6.34. The van der Waals surface area contributed by atoms with Crippen LogP contribution in [-0.4, -0.2) is 22.4 Å². The van der Waals surface area contributed by atoms with Gasteiger partial charge in [0.25, 0.3) is 0 Å². The molecule has 0 bridgehead atoms. The van der Waals surface area contributed by atoms with Crippen LogP contribution < -0.4 is 15.0 Å². The third-order valence-corrected chi connectivity index (χ3v) is 4.38. The molecule has 25 heavy (non-hydrogen) atoms. The third-order valence-electron chi connectivity index (χ3n) is 4.38. The number of fused-ring (bicyclic) bond motifs is 1. The summed E-state index contributed by atoms with van der Waals surface area (Å²) in [5.41, 5.74) is 9.54. The maximum Gasteiger partial charge on any atom is 0.356 e. The molecule has 0 aliphatic rings. The molecule has 0 amide bonds. The van der Waals surface area contributed by atoms with Crippen LogP contribution in [0, 0.1) is 6.92 Å². The van der Waals surface area contributed by atoms with E-state index in [1.165, 1.54) is 0 Å². The van der Waals surface area contributed by atoms with Gasteiger partial charge in [-0.25, -0.2) is 9.13 Å². The lowest BCUT2D eigenvalue weighted by molar-refractivity contribution is -0.665. The molecule has 0 spiro atoms. The molecule has 0 saturated carbocycles. The first-order chi connectivity index (χ1) is 12.1. The summed E-state index contributed by atoms with van der Waals surface area (Å²) in [5, 5.41) is 10.5. The monoisotopic (exact) mass is 340 g/mol. The molecule has 2 aromatic carbocycles. The minimum Gasteiger partial charge on any atom is -0.490 e. The van der Waals surface area contributed by atoms with Crippen molar-refractivity contribution in [3.05, 3.63) is 54.1 Å². The lowest BCUT2D eigenvalue weighted by Gasteiger charge is -2.13. The highest BCUT2D eigenvalue weighted by Gasteiger charge is 2.22. The number of aryl methyl sites for hydroxylation is 2. The number of nitrogens with two attached hydrogens (primary N) is 1. The molecule has 0 aliphatic heterocycles. The van der Waals surface area contributed by atoms with Gasteiger partial charge in [-0.2, -0.15) is 0 Å². The number of anilines is 1. The summed E-state index contributed by atoms with van der Waals surface area (Å²) in [6.45, 7) is 5.60. The van der Waals surface area contributed by atoms with Crippen molar-refractivity contribution in [3.63, 3.8) is 0 Å². The molecule has 132 valence electrons. The van der Waals surface area contributed by atoms with Gasteiger partial charge in [0.1, 0.15) is 36.0 Å². The molecule has 3 rings (SSSR count). The van der Waals surface area contributed by atoms with Crippen LogP contribution >= 0.6 is 0 Å². The Hall–Kier alpha value is -2.53. The second-order valence-corrected chi connectivity index (χ2v) is 6.34. The largest absolute Gasteiger partial charge is 0.490 e. The Balaban J connectivity index is 1.78. The summed E-state index contributed by atoms with van der Waals surface area (Å²) in [6.07, 6.45) is 0.356.